The minimum absolute atomic E-state index is 0.170. The van der Waals surface area contributed by atoms with E-state index in [-0.39, 0.29) is 25.5 Å². The Morgan fingerprint density at radius 2 is 2.00 bits per heavy atom. The van der Waals surface area contributed by atoms with E-state index in [2.05, 4.69) is 15.0 Å². The zero-order valence-corrected chi connectivity index (χ0v) is 15.6. The number of fused-ring (bicyclic) bond motifs is 1. The van der Waals surface area contributed by atoms with Gasteiger partial charge >= 0.3 is 7.75 Å². The van der Waals surface area contributed by atoms with Crippen molar-refractivity contribution in [3.8, 4) is 0 Å². The first-order chi connectivity index (χ1) is 13.4. The van der Waals surface area contributed by atoms with Crippen molar-refractivity contribution in [2.45, 2.75) is 24.5 Å². The lowest BCUT2D eigenvalue weighted by Crippen LogP contribution is -2.36. The average Bonchev–Trinajstić information content (AvgIpc) is 3.24. The first-order valence-corrected chi connectivity index (χ1v) is 10.2. The minimum atomic E-state index is -4.07. The van der Waals surface area contributed by atoms with Crippen molar-refractivity contribution in [1.82, 2.24) is 24.2 Å². The number of hydrogen-bond acceptors (Lipinski definition) is 10. The highest BCUT2D eigenvalue weighted by Gasteiger charge is 2.45. The molecule has 5 atom stereocenters. The lowest BCUT2D eigenvalue weighted by molar-refractivity contribution is -0.0507. The predicted molar refractivity (Wildman–Crippen MR) is 93.8 cm³/mol. The number of rotatable bonds is 5. The largest absolute Gasteiger partial charge is 0.405 e. The van der Waals surface area contributed by atoms with E-state index in [4.69, 9.17) is 19.7 Å². The van der Waals surface area contributed by atoms with Gasteiger partial charge in [0.05, 0.1) is 26.1 Å². The first-order valence-electron chi connectivity index (χ1n) is 8.63. The van der Waals surface area contributed by atoms with Gasteiger partial charge < -0.3 is 30.3 Å². The number of morpholine rings is 1. The van der Waals surface area contributed by atoms with Crippen molar-refractivity contribution in [3.63, 3.8) is 0 Å². The van der Waals surface area contributed by atoms with Gasteiger partial charge in [-0.2, -0.15) is 0 Å². The molecule has 4 rings (SSSR count). The molecule has 2 aromatic rings. The van der Waals surface area contributed by atoms with E-state index in [9.17, 15) is 19.7 Å². The molecule has 2 aliphatic rings. The molecule has 14 heteroatoms. The van der Waals surface area contributed by atoms with Gasteiger partial charge in [0.15, 0.2) is 17.7 Å². The molecular weight excluding hydrogens is 395 g/mol. The lowest BCUT2D eigenvalue weighted by atomic mass is 10.1. The van der Waals surface area contributed by atoms with Gasteiger partial charge in [-0.25, -0.2) is 24.2 Å². The number of anilines is 1. The number of hydrogen-bond donors (Lipinski definition) is 4. The molecule has 0 bridgehead atoms. The van der Waals surface area contributed by atoms with Crippen LogP contribution in [0.5, 0.6) is 0 Å². The summed E-state index contributed by atoms with van der Waals surface area (Å²) in [4.78, 5) is 22.2. The minimum Gasteiger partial charge on any atom is -0.387 e. The lowest BCUT2D eigenvalue weighted by Gasteiger charge is -2.30. The molecule has 154 valence electrons. The maximum absolute atomic E-state index is 12.4. The van der Waals surface area contributed by atoms with Crippen LogP contribution in [-0.2, 0) is 18.6 Å². The number of aliphatic hydroxyl groups is 2. The van der Waals surface area contributed by atoms with Crippen molar-refractivity contribution in [3.05, 3.63) is 12.7 Å². The summed E-state index contributed by atoms with van der Waals surface area (Å²) in [5.74, 6) is 0.170. The average molecular weight is 416 g/mol. The standard InChI is InChI=1S/C14H21N6O7P/c15-12-9-13(17-6-16-12)20(7-18-9)14-11(22)10(21)8(27-14)5-26-28(23,24)19-1-3-25-4-2-19/h6-8,10-11,14,21-22H,1-5H2,(H,23,24)(H2,15,16,17)/t8-,10?,11?,14-/m0/s1. The number of aromatic nitrogens is 4. The number of aliphatic hydroxyl groups excluding tert-OH is 2. The molecule has 0 amide bonds. The van der Waals surface area contributed by atoms with Gasteiger partial charge in [-0.1, -0.05) is 0 Å². The summed E-state index contributed by atoms with van der Waals surface area (Å²) in [6, 6.07) is 0. The third kappa shape index (κ3) is 3.51. The summed E-state index contributed by atoms with van der Waals surface area (Å²) >= 11 is 0. The van der Waals surface area contributed by atoms with Gasteiger partial charge in [-0.3, -0.25) is 9.09 Å². The second-order valence-electron chi connectivity index (χ2n) is 6.48. The first kappa shape index (κ1) is 19.6. The zero-order valence-electron chi connectivity index (χ0n) is 14.7. The fourth-order valence-corrected chi connectivity index (χ4v) is 4.38. The van der Waals surface area contributed by atoms with Crippen LogP contribution in [0.25, 0.3) is 11.2 Å². The van der Waals surface area contributed by atoms with Gasteiger partial charge in [-0.15, -0.1) is 0 Å². The van der Waals surface area contributed by atoms with E-state index in [0.29, 0.717) is 24.4 Å². The number of nitrogen functional groups attached to an aromatic ring is 1. The Morgan fingerprint density at radius 1 is 1.25 bits per heavy atom. The van der Waals surface area contributed by atoms with Crippen LogP contribution in [0.1, 0.15) is 6.23 Å². The van der Waals surface area contributed by atoms with Crippen molar-refractivity contribution >= 4 is 24.7 Å². The highest BCUT2D eigenvalue weighted by atomic mass is 31.2. The van der Waals surface area contributed by atoms with E-state index in [1.807, 2.05) is 0 Å². The van der Waals surface area contributed by atoms with E-state index in [1.165, 1.54) is 21.9 Å². The predicted octanol–water partition coefficient (Wildman–Crippen LogP) is -1.52. The summed E-state index contributed by atoms with van der Waals surface area (Å²) in [5.41, 5.74) is 6.41. The van der Waals surface area contributed by atoms with Crippen LogP contribution in [0.3, 0.4) is 0 Å². The topological polar surface area (TPSA) is 178 Å². The Kier molecular flexibility index (Phi) is 5.33. The van der Waals surface area contributed by atoms with E-state index < -0.39 is 32.3 Å². The zero-order chi connectivity index (χ0) is 19.9. The summed E-state index contributed by atoms with van der Waals surface area (Å²) < 4.78 is 31.1. The molecular formula is C14H21N6O7P. The Hall–Kier alpha value is -1.70. The van der Waals surface area contributed by atoms with E-state index in [1.54, 1.807) is 0 Å². The van der Waals surface area contributed by atoms with Crippen molar-refractivity contribution in [2.24, 2.45) is 0 Å². The molecule has 0 aromatic carbocycles. The molecule has 13 nitrogen and oxygen atoms in total. The van der Waals surface area contributed by atoms with E-state index >= 15 is 0 Å². The third-order valence-corrected chi connectivity index (χ3v) is 6.35. The van der Waals surface area contributed by atoms with Crippen LogP contribution in [0.2, 0.25) is 0 Å². The maximum atomic E-state index is 12.4. The normalized spacial score (nSPS) is 31.2. The van der Waals surface area contributed by atoms with Crippen LogP contribution in [0.4, 0.5) is 5.82 Å². The third-order valence-electron chi connectivity index (χ3n) is 4.75. The second-order valence-corrected chi connectivity index (χ2v) is 8.29. The second kappa shape index (κ2) is 7.61. The number of ether oxygens (including phenoxy) is 2. The van der Waals surface area contributed by atoms with Crippen LogP contribution in [0.15, 0.2) is 12.7 Å². The van der Waals surface area contributed by atoms with Gasteiger partial charge in [-0.05, 0) is 0 Å². The Labute approximate surface area is 159 Å². The number of imidazole rings is 1. The summed E-state index contributed by atoms with van der Waals surface area (Å²) in [5, 5.41) is 20.7. The van der Waals surface area contributed by atoms with E-state index in [0.717, 1.165) is 0 Å². The molecule has 0 radical (unpaired) electrons. The van der Waals surface area contributed by atoms with Crippen molar-refractivity contribution in [2.75, 3.05) is 38.6 Å². The highest BCUT2D eigenvalue weighted by Crippen LogP contribution is 2.47. The molecule has 0 aliphatic carbocycles. The Morgan fingerprint density at radius 3 is 2.75 bits per heavy atom. The molecule has 5 N–H and O–H groups in total. The van der Waals surface area contributed by atoms with Crippen molar-refractivity contribution in [1.29, 1.82) is 0 Å². The van der Waals surface area contributed by atoms with Crippen LogP contribution < -0.4 is 5.73 Å². The van der Waals surface area contributed by atoms with Gasteiger partial charge in [0.25, 0.3) is 0 Å². The Balaban J connectivity index is 1.47. The molecule has 4 heterocycles. The molecule has 0 spiro atoms. The Bertz CT molecular complexity index is 890. The van der Waals surface area contributed by atoms with Crippen molar-refractivity contribution < 1.29 is 33.7 Å². The number of nitrogens with zero attached hydrogens (tertiary/aromatic N) is 5. The van der Waals surface area contributed by atoms with Gasteiger partial charge in [0, 0.05) is 13.1 Å². The molecule has 28 heavy (non-hydrogen) atoms. The van der Waals surface area contributed by atoms with Crippen LogP contribution in [-0.4, -0.2) is 90.5 Å². The molecule has 2 fully saturated rings. The van der Waals surface area contributed by atoms with Crippen LogP contribution in [0, 0.1) is 0 Å². The number of nitrogens with two attached hydrogens (primary N) is 1. The molecule has 0 saturated carbocycles. The maximum Gasteiger partial charge on any atom is 0.405 e. The molecule has 2 saturated heterocycles. The quantitative estimate of drug-likeness (QED) is 0.414. The van der Waals surface area contributed by atoms with Crippen LogP contribution >= 0.6 is 7.75 Å². The summed E-state index contributed by atoms with van der Waals surface area (Å²) in [6.07, 6.45) is -2.11. The molecule has 2 aliphatic heterocycles. The summed E-state index contributed by atoms with van der Waals surface area (Å²) in [7, 11) is -4.07. The summed E-state index contributed by atoms with van der Waals surface area (Å²) in [6.45, 7) is 0.792. The molecule has 2 aromatic heterocycles. The molecule has 3 unspecified atom stereocenters. The highest BCUT2D eigenvalue weighted by molar-refractivity contribution is 7.50. The fourth-order valence-electron chi connectivity index (χ4n) is 3.21. The smallest absolute Gasteiger partial charge is 0.387 e. The van der Waals surface area contributed by atoms with Gasteiger partial charge in [0.2, 0.25) is 0 Å². The monoisotopic (exact) mass is 416 g/mol. The van der Waals surface area contributed by atoms with Gasteiger partial charge in [0.1, 0.15) is 30.2 Å². The fraction of sp³-hybridized carbons (Fsp3) is 0.643. The SMILES string of the molecule is Nc1ncnc2c1ncn2[C@H]1O[C@@H](COP(=O)(O)N2CCOCC2)C(O)C1O.